The van der Waals surface area contributed by atoms with Gasteiger partial charge in [-0.25, -0.2) is 19.0 Å². The number of piperidine rings is 1. The fraction of sp³-hybridized carbons (Fsp3) is 0.400. The van der Waals surface area contributed by atoms with Crippen molar-refractivity contribution >= 4 is 38.6 Å². The van der Waals surface area contributed by atoms with Crippen molar-refractivity contribution in [2.45, 2.75) is 69.6 Å². The maximum atomic E-state index is 14.8. The third kappa shape index (κ3) is 4.25. The van der Waals surface area contributed by atoms with Crippen LogP contribution in [0.15, 0.2) is 40.9 Å². The van der Waals surface area contributed by atoms with E-state index in [4.69, 9.17) is 14.0 Å². The van der Waals surface area contributed by atoms with Crippen molar-refractivity contribution in [2.75, 3.05) is 12.0 Å². The Balaban J connectivity index is 1.12. The minimum Gasteiger partial charge on any atom is -0.465 e. The van der Waals surface area contributed by atoms with Gasteiger partial charge in [0.15, 0.2) is 16.7 Å². The molecule has 3 aliphatic rings. The van der Waals surface area contributed by atoms with Gasteiger partial charge in [-0.3, -0.25) is 0 Å². The maximum absolute atomic E-state index is 14.8. The van der Waals surface area contributed by atoms with E-state index < -0.39 is 11.8 Å². The molecule has 0 spiro atoms. The smallest absolute Gasteiger partial charge is 0.344 e. The lowest BCUT2D eigenvalue weighted by Gasteiger charge is -2.38. The summed E-state index contributed by atoms with van der Waals surface area (Å²) < 4.78 is 32.0. The summed E-state index contributed by atoms with van der Waals surface area (Å²) in [5.74, 6) is -0.656. The van der Waals surface area contributed by atoms with Crippen molar-refractivity contribution in [1.82, 2.24) is 10.1 Å². The molecule has 2 saturated heterocycles. The summed E-state index contributed by atoms with van der Waals surface area (Å²) in [4.78, 5) is 32.5. The minimum absolute atomic E-state index is 0.126. The first-order valence-electron chi connectivity index (χ1n) is 13.6. The predicted octanol–water partition coefficient (Wildman–Crippen LogP) is 6.42. The fourth-order valence-corrected chi connectivity index (χ4v) is 7.38. The summed E-state index contributed by atoms with van der Waals surface area (Å²) in [6.45, 7) is 1.99. The molecule has 2 aromatic heterocycles. The second-order valence-electron chi connectivity index (χ2n) is 10.9. The number of rotatable bonds is 6. The van der Waals surface area contributed by atoms with E-state index in [0.29, 0.717) is 34.6 Å². The monoisotopic (exact) mass is 561 g/mol. The number of hydrogen-bond donors (Lipinski definition) is 0. The molecule has 0 radical (unpaired) electrons. The lowest BCUT2D eigenvalue weighted by molar-refractivity contribution is 0.0202. The number of aryl methyl sites for hydroxylation is 1. The lowest BCUT2D eigenvalue weighted by atomic mass is 9.99. The molecule has 0 amide bonds. The average Bonchev–Trinajstić information content (AvgIpc) is 3.44. The molecule has 40 heavy (non-hydrogen) atoms. The normalized spacial score (nSPS) is 22.1. The largest absolute Gasteiger partial charge is 0.465 e. The maximum Gasteiger partial charge on any atom is 0.344 e. The molecule has 8 nitrogen and oxygen atoms in total. The van der Waals surface area contributed by atoms with Crippen LogP contribution >= 0.6 is 11.3 Å². The Morgan fingerprint density at radius 1 is 1.07 bits per heavy atom. The highest BCUT2D eigenvalue weighted by Gasteiger charge is 2.44. The topological polar surface area (TPSA) is 94.8 Å². The number of halogens is 1. The van der Waals surface area contributed by atoms with Crippen molar-refractivity contribution in [2.24, 2.45) is 0 Å². The highest BCUT2D eigenvalue weighted by atomic mass is 32.1. The fourth-order valence-electron chi connectivity index (χ4n) is 6.22. The van der Waals surface area contributed by atoms with Crippen LogP contribution in [-0.2, 0) is 9.47 Å². The van der Waals surface area contributed by atoms with Crippen LogP contribution in [0, 0.1) is 12.7 Å². The van der Waals surface area contributed by atoms with Gasteiger partial charge in [0.2, 0.25) is 0 Å². The van der Waals surface area contributed by atoms with E-state index in [-0.39, 0.29) is 41.2 Å². The molecule has 7 rings (SSSR count). The summed E-state index contributed by atoms with van der Waals surface area (Å²) in [6, 6.07) is 10.9. The number of carbonyl (C=O) groups is 2. The van der Waals surface area contributed by atoms with Crippen molar-refractivity contribution in [3.8, 4) is 11.3 Å². The van der Waals surface area contributed by atoms with Gasteiger partial charge in [-0.1, -0.05) is 40.8 Å². The van der Waals surface area contributed by atoms with Crippen molar-refractivity contribution < 1.29 is 28.0 Å². The molecular formula is C30H28FN3O5S. The van der Waals surface area contributed by atoms with Gasteiger partial charge >= 0.3 is 11.9 Å². The van der Waals surface area contributed by atoms with E-state index in [1.807, 2.05) is 31.2 Å². The number of methoxy groups -OCH3 is 1. The lowest BCUT2D eigenvalue weighted by Crippen LogP contribution is -2.46. The first-order chi connectivity index (χ1) is 19.4. The van der Waals surface area contributed by atoms with Crippen LogP contribution in [0.5, 0.6) is 0 Å². The molecule has 2 bridgehead atoms. The molecular weight excluding hydrogens is 533 g/mol. The Labute approximate surface area is 234 Å². The minimum atomic E-state index is -0.582. The molecule has 10 heteroatoms. The molecule has 3 fully saturated rings. The first kappa shape index (κ1) is 25.2. The van der Waals surface area contributed by atoms with Crippen LogP contribution in [0.25, 0.3) is 21.5 Å². The van der Waals surface area contributed by atoms with E-state index in [1.165, 1.54) is 24.5 Å². The molecule has 4 aromatic rings. The van der Waals surface area contributed by atoms with Gasteiger partial charge in [0.1, 0.15) is 22.9 Å². The zero-order valence-corrected chi connectivity index (χ0v) is 23.0. The standard InChI is InChI=1S/C30H28FN3O5S/c1-15-5-3-4-6-21(15)25-24(27(39-33-25)16-7-8-16)29(36)38-20-13-18-9-10-19(14-20)34(18)30-32-26-22(31)11-17(28(35)37-2)12-23(26)40-30/h3-6,11-12,16,18-20H,7-10,13-14H2,1-2H3/t18-,19+,20+. The summed E-state index contributed by atoms with van der Waals surface area (Å²) in [7, 11) is 1.27. The molecule has 0 unspecified atom stereocenters. The molecule has 4 heterocycles. The van der Waals surface area contributed by atoms with Gasteiger partial charge in [-0.2, -0.15) is 0 Å². The SMILES string of the molecule is COC(=O)c1cc(F)c2nc(N3[C@@H]4CC[C@H]3C[C@@H](OC(=O)c3c(-c5ccccc5C)noc3C3CC3)C4)sc2c1. The van der Waals surface area contributed by atoms with Gasteiger partial charge in [0.05, 0.1) is 17.4 Å². The summed E-state index contributed by atoms with van der Waals surface area (Å²) >= 11 is 1.37. The number of benzene rings is 2. The number of ether oxygens (including phenoxy) is 2. The van der Waals surface area contributed by atoms with Crippen molar-refractivity contribution in [3.05, 3.63) is 64.7 Å². The Hall–Kier alpha value is -3.79. The number of carbonyl (C=O) groups excluding carboxylic acids is 2. The third-order valence-corrected chi connectivity index (χ3v) is 9.33. The molecule has 1 aliphatic carbocycles. The van der Waals surface area contributed by atoms with Gasteiger partial charge < -0.3 is 18.9 Å². The predicted molar refractivity (Wildman–Crippen MR) is 147 cm³/mol. The van der Waals surface area contributed by atoms with E-state index in [0.717, 1.165) is 41.9 Å². The number of anilines is 1. The van der Waals surface area contributed by atoms with Crippen molar-refractivity contribution in [3.63, 3.8) is 0 Å². The van der Waals surface area contributed by atoms with E-state index in [2.05, 4.69) is 15.0 Å². The second-order valence-corrected chi connectivity index (χ2v) is 12.0. The molecule has 3 atom stereocenters. The van der Waals surface area contributed by atoms with Gasteiger partial charge in [0, 0.05) is 36.4 Å². The molecule has 0 N–H and O–H groups in total. The summed E-state index contributed by atoms with van der Waals surface area (Å²) in [6.07, 6.45) is 4.93. The van der Waals surface area contributed by atoms with Crippen LogP contribution in [0.3, 0.4) is 0 Å². The van der Waals surface area contributed by atoms with Gasteiger partial charge in [-0.15, -0.1) is 0 Å². The highest BCUT2D eigenvalue weighted by molar-refractivity contribution is 7.22. The van der Waals surface area contributed by atoms with Crippen LogP contribution in [0.4, 0.5) is 9.52 Å². The molecule has 206 valence electrons. The second kappa shape index (κ2) is 9.69. The average molecular weight is 562 g/mol. The summed E-state index contributed by atoms with van der Waals surface area (Å²) in [5, 5.41) is 5.04. The Kier molecular flexibility index (Phi) is 6.10. The Morgan fingerprint density at radius 3 is 2.52 bits per heavy atom. The number of esters is 2. The van der Waals surface area contributed by atoms with Gasteiger partial charge in [-0.05, 0) is 50.3 Å². The Morgan fingerprint density at radius 2 is 1.82 bits per heavy atom. The summed E-state index contributed by atoms with van der Waals surface area (Å²) in [5.41, 5.74) is 3.32. The number of fused-ring (bicyclic) bond motifs is 3. The number of thiazole rings is 1. The quantitative estimate of drug-likeness (QED) is 0.249. The highest BCUT2D eigenvalue weighted by Crippen LogP contribution is 2.46. The van der Waals surface area contributed by atoms with Crippen LogP contribution in [-0.4, -0.2) is 47.4 Å². The first-order valence-corrected chi connectivity index (χ1v) is 14.5. The van der Waals surface area contributed by atoms with Crippen LogP contribution in [0.1, 0.15) is 76.5 Å². The van der Waals surface area contributed by atoms with Crippen LogP contribution < -0.4 is 4.90 Å². The zero-order chi connectivity index (χ0) is 27.5. The van der Waals surface area contributed by atoms with Crippen molar-refractivity contribution in [1.29, 1.82) is 0 Å². The van der Waals surface area contributed by atoms with Gasteiger partial charge in [0.25, 0.3) is 0 Å². The number of hydrogen-bond acceptors (Lipinski definition) is 9. The van der Waals surface area contributed by atoms with E-state index >= 15 is 0 Å². The Bertz CT molecular complexity index is 1630. The molecule has 2 aromatic carbocycles. The van der Waals surface area contributed by atoms with E-state index in [9.17, 15) is 14.0 Å². The number of aromatic nitrogens is 2. The molecule has 2 aliphatic heterocycles. The number of nitrogens with zero attached hydrogens (tertiary/aromatic N) is 3. The zero-order valence-electron chi connectivity index (χ0n) is 22.2. The van der Waals surface area contributed by atoms with E-state index in [1.54, 1.807) is 6.07 Å². The molecule has 1 saturated carbocycles. The van der Waals surface area contributed by atoms with Crippen LogP contribution in [0.2, 0.25) is 0 Å². The third-order valence-electron chi connectivity index (χ3n) is 8.31.